The van der Waals surface area contributed by atoms with Crippen LogP contribution in [0.3, 0.4) is 0 Å². The summed E-state index contributed by atoms with van der Waals surface area (Å²) in [5, 5.41) is 2.91. The lowest BCUT2D eigenvalue weighted by Gasteiger charge is -2.29. The maximum absolute atomic E-state index is 10.7. The van der Waals surface area contributed by atoms with E-state index in [1.807, 2.05) is 0 Å². The van der Waals surface area contributed by atoms with Crippen molar-refractivity contribution < 1.29 is 9.53 Å². The summed E-state index contributed by atoms with van der Waals surface area (Å²) in [4.78, 5) is 10.7. The van der Waals surface area contributed by atoms with Crippen molar-refractivity contribution in [3.63, 3.8) is 0 Å². The summed E-state index contributed by atoms with van der Waals surface area (Å²) >= 11 is 0. The van der Waals surface area contributed by atoms with Gasteiger partial charge in [0.2, 0.25) is 5.91 Å². The number of rotatable bonds is 1. The average Bonchev–Trinajstić information content (AvgIpc) is 1.93. The maximum atomic E-state index is 10.7. The number of carbonyl (C=O) groups excluding carboxylic acids is 1. The van der Waals surface area contributed by atoms with Crippen LogP contribution in [0.4, 0.5) is 0 Å². The third-order valence-corrected chi connectivity index (χ3v) is 2.03. The molecule has 0 spiro atoms. The molecule has 1 heterocycles. The predicted molar refractivity (Wildman–Crippen MR) is 42.2 cm³/mol. The molecule has 0 aromatic rings. The molecule has 11 heavy (non-hydrogen) atoms. The van der Waals surface area contributed by atoms with Gasteiger partial charge in [-0.2, -0.15) is 0 Å². The highest BCUT2D eigenvalue weighted by atomic mass is 16.5. The van der Waals surface area contributed by atoms with E-state index in [1.54, 1.807) is 6.92 Å². The first-order valence-electron chi connectivity index (χ1n) is 4.05. The first-order chi connectivity index (χ1) is 5.20. The monoisotopic (exact) mass is 157 g/mol. The molecule has 0 bridgehead atoms. The van der Waals surface area contributed by atoms with E-state index < -0.39 is 0 Å². The predicted octanol–water partition coefficient (Wildman–Crippen LogP) is 0.547. The minimum atomic E-state index is 0.0590. The highest BCUT2D eigenvalue weighted by Gasteiger charge is 2.21. The normalized spacial score (nSPS) is 31.5. The van der Waals surface area contributed by atoms with Crippen molar-refractivity contribution in [3.05, 3.63) is 0 Å². The lowest BCUT2D eigenvalue weighted by Crippen LogP contribution is -2.43. The second kappa shape index (κ2) is 3.72. The average molecular weight is 157 g/mol. The number of nitrogens with one attached hydrogen (secondary N) is 1. The maximum Gasteiger partial charge on any atom is 0.217 e. The lowest BCUT2D eigenvalue weighted by molar-refractivity contribution is -0.120. The van der Waals surface area contributed by atoms with E-state index in [0.29, 0.717) is 12.0 Å². The van der Waals surface area contributed by atoms with E-state index in [9.17, 15) is 4.79 Å². The van der Waals surface area contributed by atoms with E-state index in [2.05, 4.69) is 12.2 Å². The molecule has 2 unspecified atom stereocenters. The van der Waals surface area contributed by atoms with Crippen LogP contribution in [0.1, 0.15) is 20.3 Å². The van der Waals surface area contributed by atoms with Crippen LogP contribution in [0.15, 0.2) is 0 Å². The van der Waals surface area contributed by atoms with Gasteiger partial charge in [0.05, 0.1) is 6.61 Å². The minimum absolute atomic E-state index is 0.0590. The molecule has 1 aliphatic rings. The molecule has 3 nitrogen and oxygen atoms in total. The van der Waals surface area contributed by atoms with Crippen LogP contribution < -0.4 is 5.32 Å². The molecular formula is C8H15NO2. The summed E-state index contributed by atoms with van der Waals surface area (Å²) in [6.45, 7) is 5.20. The largest absolute Gasteiger partial charge is 0.381 e. The van der Waals surface area contributed by atoms with E-state index in [0.717, 1.165) is 19.6 Å². The molecule has 0 saturated carbocycles. The van der Waals surface area contributed by atoms with Crippen LogP contribution >= 0.6 is 0 Å². The summed E-state index contributed by atoms with van der Waals surface area (Å²) < 4.78 is 5.24. The van der Waals surface area contributed by atoms with Crippen molar-refractivity contribution in [2.45, 2.75) is 26.3 Å². The Balaban J connectivity index is 2.35. The Bertz CT molecular complexity index is 147. The molecule has 2 atom stereocenters. The molecule has 0 aromatic heterocycles. The molecule has 0 aromatic carbocycles. The fraction of sp³-hybridized carbons (Fsp3) is 0.875. The van der Waals surface area contributed by atoms with Crippen molar-refractivity contribution in [2.75, 3.05) is 13.2 Å². The molecule has 3 heteroatoms. The summed E-state index contributed by atoms with van der Waals surface area (Å²) in [5.74, 6) is 0.511. The van der Waals surface area contributed by atoms with Crippen LogP contribution in [-0.4, -0.2) is 25.2 Å². The van der Waals surface area contributed by atoms with Crippen molar-refractivity contribution >= 4 is 5.91 Å². The molecular weight excluding hydrogens is 142 g/mol. The number of carbonyl (C=O) groups is 1. The van der Waals surface area contributed by atoms with Gasteiger partial charge in [0.1, 0.15) is 0 Å². The number of ether oxygens (including phenoxy) is 1. The summed E-state index contributed by atoms with van der Waals surface area (Å²) in [6.07, 6.45) is 0.945. The summed E-state index contributed by atoms with van der Waals surface area (Å²) in [7, 11) is 0. The van der Waals surface area contributed by atoms with Gasteiger partial charge in [-0.25, -0.2) is 0 Å². The van der Waals surface area contributed by atoms with Crippen LogP contribution in [0.25, 0.3) is 0 Å². The third-order valence-electron chi connectivity index (χ3n) is 2.03. The van der Waals surface area contributed by atoms with E-state index >= 15 is 0 Å². The standard InChI is InChI=1S/C8H15NO2/c1-6-5-11-4-3-8(6)9-7(2)10/h6,8H,3-5H2,1-2H3,(H,9,10). The Kier molecular flexibility index (Phi) is 2.88. The molecule has 1 aliphatic heterocycles. The Morgan fingerprint density at radius 2 is 2.36 bits per heavy atom. The summed E-state index contributed by atoms with van der Waals surface area (Å²) in [5.41, 5.74) is 0. The molecule has 1 saturated heterocycles. The molecule has 1 fully saturated rings. The highest BCUT2D eigenvalue weighted by molar-refractivity contribution is 5.73. The highest BCUT2D eigenvalue weighted by Crippen LogP contribution is 2.13. The van der Waals surface area contributed by atoms with Gasteiger partial charge in [0.15, 0.2) is 0 Å². The Morgan fingerprint density at radius 1 is 1.64 bits per heavy atom. The van der Waals surface area contributed by atoms with Gasteiger partial charge in [-0.1, -0.05) is 6.92 Å². The first-order valence-corrected chi connectivity index (χ1v) is 4.05. The molecule has 64 valence electrons. The zero-order valence-electron chi connectivity index (χ0n) is 7.09. The van der Waals surface area contributed by atoms with Gasteiger partial charge >= 0.3 is 0 Å². The summed E-state index contributed by atoms with van der Waals surface area (Å²) in [6, 6.07) is 0.321. The van der Waals surface area contributed by atoms with Gasteiger partial charge in [-0.3, -0.25) is 4.79 Å². The smallest absolute Gasteiger partial charge is 0.217 e. The fourth-order valence-electron chi connectivity index (χ4n) is 1.36. The Labute approximate surface area is 67.1 Å². The Morgan fingerprint density at radius 3 is 2.91 bits per heavy atom. The van der Waals surface area contributed by atoms with Crippen LogP contribution in [0.5, 0.6) is 0 Å². The van der Waals surface area contributed by atoms with Crippen LogP contribution in [0, 0.1) is 5.92 Å². The van der Waals surface area contributed by atoms with Crippen molar-refractivity contribution in [1.82, 2.24) is 5.32 Å². The van der Waals surface area contributed by atoms with Crippen LogP contribution in [-0.2, 0) is 9.53 Å². The molecule has 0 aliphatic carbocycles. The topological polar surface area (TPSA) is 38.3 Å². The van der Waals surface area contributed by atoms with Gasteiger partial charge in [-0.05, 0) is 12.3 Å². The molecule has 1 N–H and O–H groups in total. The number of hydrogen-bond donors (Lipinski definition) is 1. The zero-order chi connectivity index (χ0) is 8.27. The van der Waals surface area contributed by atoms with Gasteiger partial charge in [0, 0.05) is 19.6 Å². The quantitative estimate of drug-likeness (QED) is 0.603. The van der Waals surface area contributed by atoms with Crippen molar-refractivity contribution in [1.29, 1.82) is 0 Å². The first kappa shape index (κ1) is 8.53. The van der Waals surface area contributed by atoms with E-state index in [-0.39, 0.29) is 5.91 Å². The molecule has 0 radical (unpaired) electrons. The number of hydrogen-bond acceptors (Lipinski definition) is 2. The second-order valence-corrected chi connectivity index (χ2v) is 3.15. The lowest BCUT2D eigenvalue weighted by atomic mass is 9.98. The SMILES string of the molecule is CC(=O)NC1CCOCC1C. The van der Waals surface area contributed by atoms with E-state index in [1.165, 1.54) is 0 Å². The minimum Gasteiger partial charge on any atom is -0.381 e. The van der Waals surface area contributed by atoms with Crippen molar-refractivity contribution in [2.24, 2.45) is 5.92 Å². The molecule has 1 rings (SSSR count). The van der Waals surface area contributed by atoms with Gasteiger partial charge in [-0.15, -0.1) is 0 Å². The van der Waals surface area contributed by atoms with E-state index in [4.69, 9.17) is 4.74 Å². The third kappa shape index (κ3) is 2.50. The zero-order valence-corrected chi connectivity index (χ0v) is 7.09. The molecule has 1 amide bonds. The van der Waals surface area contributed by atoms with Gasteiger partial charge < -0.3 is 10.1 Å². The van der Waals surface area contributed by atoms with Gasteiger partial charge in [0.25, 0.3) is 0 Å². The van der Waals surface area contributed by atoms with Crippen molar-refractivity contribution in [3.8, 4) is 0 Å². The Hall–Kier alpha value is -0.570. The second-order valence-electron chi connectivity index (χ2n) is 3.15. The number of amides is 1. The van der Waals surface area contributed by atoms with Crippen LogP contribution in [0.2, 0.25) is 0 Å². The fourth-order valence-corrected chi connectivity index (χ4v) is 1.36.